The van der Waals surface area contributed by atoms with Gasteiger partial charge in [-0.2, -0.15) is 0 Å². The van der Waals surface area contributed by atoms with E-state index in [1.165, 1.54) is 29.4 Å². The molecule has 2 aromatic carbocycles. The minimum Gasteiger partial charge on any atom is -0.380 e. The van der Waals surface area contributed by atoms with E-state index in [0.717, 1.165) is 61.7 Å². The number of aromatic nitrogens is 1. The first-order chi connectivity index (χ1) is 15.7. The summed E-state index contributed by atoms with van der Waals surface area (Å²) in [6.07, 6.45) is 5.65. The van der Waals surface area contributed by atoms with Crippen LogP contribution in [0.5, 0.6) is 0 Å². The first-order valence-electron chi connectivity index (χ1n) is 11.7. The fourth-order valence-electron chi connectivity index (χ4n) is 4.37. The van der Waals surface area contributed by atoms with Gasteiger partial charge in [0.25, 0.3) is 5.91 Å². The molecule has 0 unspecified atom stereocenters. The van der Waals surface area contributed by atoms with Gasteiger partial charge in [0.2, 0.25) is 0 Å². The van der Waals surface area contributed by atoms with Crippen molar-refractivity contribution >= 4 is 34.1 Å². The molecule has 5 nitrogen and oxygen atoms in total. The van der Waals surface area contributed by atoms with Crippen LogP contribution in [0.15, 0.2) is 48.5 Å². The average Bonchev–Trinajstić information content (AvgIpc) is 3.27. The van der Waals surface area contributed by atoms with Crippen LogP contribution in [0.4, 0.5) is 5.69 Å². The SMILES string of the molecule is CCCCCOCCNCCn1c(C)c(/C=C2/C(=O)Nc3ccccc32)c2ccccc21. The molecule has 168 valence electrons. The van der Waals surface area contributed by atoms with Gasteiger partial charge in [-0.25, -0.2) is 0 Å². The number of hydrogen-bond acceptors (Lipinski definition) is 3. The van der Waals surface area contributed by atoms with Crippen LogP contribution in [0.2, 0.25) is 0 Å². The Bertz CT molecular complexity index is 1110. The lowest BCUT2D eigenvalue weighted by atomic mass is 10.0. The Hall–Kier alpha value is -2.89. The maximum Gasteiger partial charge on any atom is 0.256 e. The van der Waals surface area contributed by atoms with Gasteiger partial charge in [0.05, 0.1) is 6.61 Å². The Balaban J connectivity index is 1.48. The predicted octanol–water partition coefficient (Wildman–Crippen LogP) is 5.24. The Morgan fingerprint density at radius 1 is 1.03 bits per heavy atom. The van der Waals surface area contributed by atoms with Gasteiger partial charge < -0.3 is 19.9 Å². The van der Waals surface area contributed by atoms with Crippen LogP contribution in [0, 0.1) is 6.92 Å². The summed E-state index contributed by atoms with van der Waals surface area (Å²) in [4.78, 5) is 12.6. The largest absolute Gasteiger partial charge is 0.380 e. The molecule has 0 bridgehead atoms. The summed E-state index contributed by atoms with van der Waals surface area (Å²) >= 11 is 0. The van der Waals surface area contributed by atoms with Crippen molar-refractivity contribution in [3.8, 4) is 0 Å². The van der Waals surface area contributed by atoms with Crippen molar-refractivity contribution < 1.29 is 9.53 Å². The van der Waals surface area contributed by atoms with Gasteiger partial charge in [0.15, 0.2) is 0 Å². The number of para-hydroxylation sites is 2. The molecule has 1 aliphatic rings. The number of hydrogen-bond donors (Lipinski definition) is 2. The van der Waals surface area contributed by atoms with Crippen molar-refractivity contribution in [1.29, 1.82) is 0 Å². The van der Waals surface area contributed by atoms with Gasteiger partial charge in [0, 0.05) is 65.2 Å². The third-order valence-electron chi connectivity index (χ3n) is 6.11. The first-order valence-corrected chi connectivity index (χ1v) is 11.7. The molecule has 2 heterocycles. The molecule has 1 amide bonds. The summed E-state index contributed by atoms with van der Waals surface area (Å²) in [6.45, 7) is 8.55. The summed E-state index contributed by atoms with van der Waals surface area (Å²) in [6, 6.07) is 16.3. The molecule has 32 heavy (non-hydrogen) atoms. The van der Waals surface area contributed by atoms with E-state index in [1.54, 1.807) is 0 Å². The lowest BCUT2D eigenvalue weighted by Crippen LogP contribution is -2.24. The van der Waals surface area contributed by atoms with E-state index in [4.69, 9.17) is 4.74 Å². The van der Waals surface area contributed by atoms with Crippen LogP contribution < -0.4 is 10.6 Å². The Kier molecular flexibility index (Phi) is 7.40. The van der Waals surface area contributed by atoms with Crippen LogP contribution in [0.3, 0.4) is 0 Å². The number of ether oxygens (including phenoxy) is 1. The molecule has 0 radical (unpaired) electrons. The molecule has 0 aliphatic carbocycles. The van der Waals surface area contributed by atoms with Gasteiger partial charge in [-0.05, 0) is 31.6 Å². The maximum atomic E-state index is 12.6. The summed E-state index contributed by atoms with van der Waals surface area (Å²) in [5, 5.41) is 7.64. The highest BCUT2D eigenvalue weighted by Crippen LogP contribution is 2.35. The first kappa shape index (κ1) is 22.3. The number of anilines is 1. The highest BCUT2D eigenvalue weighted by Gasteiger charge is 2.24. The van der Waals surface area contributed by atoms with E-state index in [2.05, 4.69) is 53.3 Å². The number of fused-ring (bicyclic) bond motifs is 2. The molecule has 1 aliphatic heterocycles. The van der Waals surface area contributed by atoms with Gasteiger partial charge in [-0.1, -0.05) is 56.2 Å². The number of benzene rings is 2. The third-order valence-corrected chi connectivity index (χ3v) is 6.11. The van der Waals surface area contributed by atoms with Crippen LogP contribution in [-0.4, -0.2) is 36.8 Å². The van der Waals surface area contributed by atoms with Gasteiger partial charge in [-0.3, -0.25) is 4.79 Å². The van der Waals surface area contributed by atoms with Crippen LogP contribution in [0.1, 0.15) is 43.0 Å². The Morgan fingerprint density at radius 3 is 2.72 bits per heavy atom. The predicted molar refractivity (Wildman–Crippen MR) is 133 cm³/mol. The van der Waals surface area contributed by atoms with E-state index >= 15 is 0 Å². The molecule has 0 saturated carbocycles. The fourth-order valence-corrected chi connectivity index (χ4v) is 4.37. The third kappa shape index (κ3) is 4.79. The second-order valence-corrected chi connectivity index (χ2v) is 8.30. The van der Waals surface area contributed by atoms with Crippen molar-refractivity contribution in [3.63, 3.8) is 0 Å². The minimum atomic E-state index is -0.0389. The molecule has 4 rings (SSSR count). The normalized spacial score (nSPS) is 14.3. The zero-order valence-electron chi connectivity index (χ0n) is 19.1. The van der Waals surface area contributed by atoms with E-state index in [1.807, 2.05) is 30.3 Å². The average molecular weight is 432 g/mol. The molecule has 0 spiro atoms. The van der Waals surface area contributed by atoms with Crippen molar-refractivity contribution in [1.82, 2.24) is 9.88 Å². The van der Waals surface area contributed by atoms with Crippen molar-refractivity contribution in [3.05, 3.63) is 65.4 Å². The number of carbonyl (C=O) groups excluding carboxylic acids is 1. The monoisotopic (exact) mass is 431 g/mol. The zero-order valence-corrected chi connectivity index (χ0v) is 19.1. The smallest absolute Gasteiger partial charge is 0.256 e. The number of rotatable bonds is 11. The van der Waals surface area contributed by atoms with Gasteiger partial charge in [0.1, 0.15) is 0 Å². The number of amides is 1. The van der Waals surface area contributed by atoms with Crippen molar-refractivity contribution in [2.45, 2.75) is 39.7 Å². The number of nitrogens with one attached hydrogen (secondary N) is 2. The zero-order chi connectivity index (χ0) is 22.3. The second kappa shape index (κ2) is 10.6. The molecule has 0 saturated heterocycles. The fraction of sp³-hybridized carbons (Fsp3) is 0.370. The Labute approximate surface area is 190 Å². The molecule has 5 heteroatoms. The molecule has 1 aromatic heterocycles. The highest BCUT2D eigenvalue weighted by molar-refractivity contribution is 6.35. The summed E-state index contributed by atoms with van der Waals surface area (Å²) in [5.74, 6) is -0.0389. The highest BCUT2D eigenvalue weighted by atomic mass is 16.5. The summed E-state index contributed by atoms with van der Waals surface area (Å²) < 4.78 is 8.03. The van der Waals surface area contributed by atoms with Crippen molar-refractivity contribution in [2.24, 2.45) is 0 Å². The van der Waals surface area contributed by atoms with E-state index in [9.17, 15) is 4.79 Å². The molecular weight excluding hydrogens is 398 g/mol. The number of carbonyl (C=O) groups is 1. The molecule has 2 N–H and O–H groups in total. The van der Waals surface area contributed by atoms with E-state index < -0.39 is 0 Å². The molecule has 0 atom stereocenters. The summed E-state index contributed by atoms with van der Waals surface area (Å²) in [5.41, 5.74) is 6.06. The van der Waals surface area contributed by atoms with Crippen molar-refractivity contribution in [2.75, 3.05) is 31.6 Å². The lowest BCUT2D eigenvalue weighted by Gasteiger charge is -2.10. The molecule has 0 fully saturated rings. The minimum absolute atomic E-state index is 0.0389. The van der Waals surface area contributed by atoms with Crippen LogP contribution in [-0.2, 0) is 16.1 Å². The summed E-state index contributed by atoms with van der Waals surface area (Å²) in [7, 11) is 0. The standard InChI is InChI=1S/C27H33N3O2/c1-3-4-9-17-32-18-15-28-14-16-30-20(2)23(22-11-6-8-13-26(22)30)19-24-21-10-5-7-12-25(21)29-27(24)31/h5-8,10-13,19,28H,3-4,9,14-18H2,1-2H3,(H,29,31)/b24-19+. The molecular formula is C27H33N3O2. The quantitative estimate of drug-likeness (QED) is 0.322. The van der Waals surface area contributed by atoms with Crippen LogP contribution in [0.25, 0.3) is 22.6 Å². The number of nitrogens with zero attached hydrogens (tertiary/aromatic N) is 1. The van der Waals surface area contributed by atoms with E-state index in [0.29, 0.717) is 0 Å². The van der Waals surface area contributed by atoms with Crippen LogP contribution >= 0.6 is 0 Å². The lowest BCUT2D eigenvalue weighted by molar-refractivity contribution is -0.110. The van der Waals surface area contributed by atoms with Gasteiger partial charge in [-0.15, -0.1) is 0 Å². The number of unbranched alkanes of at least 4 members (excludes halogenated alkanes) is 2. The second-order valence-electron chi connectivity index (χ2n) is 8.30. The van der Waals surface area contributed by atoms with E-state index in [-0.39, 0.29) is 5.91 Å². The molecule has 3 aromatic rings. The maximum absolute atomic E-state index is 12.6. The van der Waals surface area contributed by atoms with Gasteiger partial charge >= 0.3 is 0 Å². The Morgan fingerprint density at radius 2 is 1.84 bits per heavy atom. The topological polar surface area (TPSA) is 55.3 Å².